The van der Waals surface area contributed by atoms with Crippen molar-refractivity contribution in [1.82, 2.24) is 10.2 Å². The predicted octanol–water partition coefficient (Wildman–Crippen LogP) is 1.83. The van der Waals surface area contributed by atoms with Crippen LogP contribution >= 0.6 is 0 Å². The zero-order valence-corrected chi connectivity index (χ0v) is 8.08. The topological polar surface area (TPSA) is 71.5 Å². The minimum Gasteiger partial charge on any atom is -0.507 e. The average molecular weight is 203 g/mol. The van der Waals surface area contributed by atoms with Gasteiger partial charge in [-0.25, -0.2) is 4.99 Å². The van der Waals surface area contributed by atoms with Gasteiger partial charge in [0.05, 0.1) is 0 Å². The molecule has 0 bridgehead atoms. The summed E-state index contributed by atoms with van der Waals surface area (Å²) in [6.45, 7) is 1.69. The first-order valence-electron chi connectivity index (χ1n) is 4.38. The van der Waals surface area contributed by atoms with Crippen molar-refractivity contribution in [3.63, 3.8) is 0 Å². The highest BCUT2D eigenvalue weighted by molar-refractivity contribution is 5.84. The van der Waals surface area contributed by atoms with Gasteiger partial charge in [0.1, 0.15) is 5.75 Å². The van der Waals surface area contributed by atoms with Crippen molar-refractivity contribution in [2.24, 2.45) is 4.99 Å². The molecule has 76 valence electrons. The molecule has 2 aromatic rings. The number of para-hydroxylation sites is 1. The van der Waals surface area contributed by atoms with Crippen LogP contribution in [0.3, 0.4) is 0 Å². The lowest BCUT2D eigenvalue weighted by Gasteiger charge is -1.94. The second-order valence-corrected chi connectivity index (χ2v) is 2.92. The zero-order chi connectivity index (χ0) is 10.7. The van der Waals surface area contributed by atoms with Crippen LogP contribution in [0, 0.1) is 6.92 Å². The molecule has 1 aromatic heterocycles. The van der Waals surface area contributed by atoms with Crippen LogP contribution in [0.2, 0.25) is 0 Å². The molecule has 0 amide bonds. The molecule has 0 atom stereocenters. The smallest absolute Gasteiger partial charge is 0.342 e. The lowest BCUT2D eigenvalue weighted by molar-refractivity contribution is 0.474. The SMILES string of the molecule is Cc1nnc(N=Cc2ccccc2O)o1. The molecule has 0 aliphatic carbocycles. The lowest BCUT2D eigenvalue weighted by Crippen LogP contribution is -1.80. The standard InChI is InChI=1S/C10H9N3O2/c1-7-12-13-10(15-7)11-6-8-4-2-3-5-9(8)14/h2-6,14H,1H3. The van der Waals surface area contributed by atoms with Crippen molar-refractivity contribution in [2.75, 3.05) is 0 Å². The maximum Gasteiger partial charge on any atom is 0.342 e. The van der Waals surface area contributed by atoms with Crippen LogP contribution in [0.5, 0.6) is 5.75 Å². The molecule has 0 spiro atoms. The van der Waals surface area contributed by atoms with Crippen LogP contribution in [0.1, 0.15) is 11.5 Å². The fourth-order valence-corrected chi connectivity index (χ4v) is 1.06. The maximum absolute atomic E-state index is 9.44. The number of rotatable bonds is 2. The Balaban J connectivity index is 2.22. The Bertz CT molecular complexity index is 491. The molecule has 0 fully saturated rings. The largest absolute Gasteiger partial charge is 0.507 e. The number of aromatic hydroxyl groups is 1. The summed E-state index contributed by atoms with van der Waals surface area (Å²) < 4.78 is 5.04. The third kappa shape index (κ3) is 2.19. The van der Waals surface area contributed by atoms with Gasteiger partial charge in [-0.15, -0.1) is 5.10 Å². The van der Waals surface area contributed by atoms with Gasteiger partial charge >= 0.3 is 6.01 Å². The molecular formula is C10H9N3O2. The summed E-state index contributed by atoms with van der Waals surface area (Å²) in [5.41, 5.74) is 0.605. The van der Waals surface area contributed by atoms with E-state index in [-0.39, 0.29) is 11.8 Å². The third-order valence-corrected chi connectivity index (χ3v) is 1.77. The Hall–Kier alpha value is -2.17. The van der Waals surface area contributed by atoms with E-state index in [0.29, 0.717) is 11.5 Å². The molecule has 0 saturated carbocycles. The van der Waals surface area contributed by atoms with E-state index in [1.165, 1.54) is 6.21 Å². The van der Waals surface area contributed by atoms with Crippen LogP contribution in [0.15, 0.2) is 33.7 Å². The van der Waals surface area contributed by atoms with E-state index in [1.807, 2.05) is 0 Å². The molecule has 2 rings (SSSR count). The molecular weight excluding hydrogens is 194 g/mol. The van der Waals surface area contributed by atoms with Gasteiger partial charge < -0.3 is 9.52 Å². The molecule has 0 radical (unpaired) electrons. The summed E-state index contributed by atoms with van der Waals surface area (Å²) in [4.78, 5) is 3.93. The monoisotopic (exact) mass is 203 g/mol. The highest BCUT2D eigenvalue weighted by Gasteiger charge is 1.99. The first-order valence-corrected chi connectivity index (χ1v) is 4.38. The molecule has 0 aliphatic heterocycles. The fraction of sp³-hybridized carbons (Fsp3) is 0.100. The van der Waals surface area contributed by atoms with Gasteiger partial charge in [0, 0.05) is 18.7 Å². The summed E-state index contributed by atoms with van der Waals surface area (Å²) in [5.74, 6) is 0.622. The molecule has 1 heterocycles. The van der Waals surface area contributed by atoms with Gasteiger partial charge in [-0.3, -0.25) is 0 Å². The zero-order valence-electron chi connectivity index (χ0n) is 8.08. The number of aryl methyl sites for hydroxylation is 1. The fourth-order valence-electron chi connectivity index (χ4n) is 1.06. The summed E-state index contributed by atoms with van der Waals surface area (Å²) in [5, 5.41) is 16.8. The van der Waals surface area contributed by atoms with Gasteiger partial charge in [0.25, 0.3) is 0 Å². The lowest BCUT2D eigenvalue weighted by atomic mass is 10.2. The van der Waals surface area contributed by atoms with Crippen molar-refractivity contribution in [2.45, 2.75) is 6.92 Å². The Morgan fingerprint density at radius 3 is 2.80 bits per heavy atom. The summed E-state index contributed by atoms with van der Waals surface area (Å²) in [6, 6.07) is 7.04. The van der Waals surface area contributed by atoms with E-state index in [2.05, 4.69) is 15.2 Å². The van der Waals surface area contributed by atoms with Crippen molar-refractivity contribution >= 4 is 12.2 Å². The van der Waals surface area contributed by atoms with Gasteiger partial charge in [0.2, 0.25) is 5.89 Å². The molecule has 5 heteroatoms. The van der Waals surface area contributed by atoms with Crippen LogP contribution < -0.4 is 0 Å². The van der Waals surface area contributed by atoms with E-state index < -0.39 is 0 Å². The molecule has 5 nitrogen and oxygen atoms in total. The first-order chi connectivity index (χ1) is 7.25. The molecule has 1 N–H and O–H groups in total. The van der Waals surface area contributed by atoms with Crippen molar-refractivity contribution in [1.29, 1.82) is 0 Å². The minimum absolute atomic E-state index is 0.164. The van der Waals surface area contributed by atoms with E-state index >= 15 is 0 Å². The van der Waals surface area contributed by atoms with Crippen LogP contribution in [0.4, 0.5) is 6.01 Å². The molecule has 0 aliphatic rings. The van der Waals surface area contributed by atoms with E-state index in [0.717, 1.165) is 0 Å². The number of aromatic nitrogens is 2. The minimum atomic E-state index is 0.164. The van der Waals surface area contributed by atoms with E-state index in [4.69, 9.17) is 4.42 Å². The molecule has 0 saturated heterocycles. The summed E-state index contributed by atoms with van der Waals surface area (Å²) >= 11 is 0. The van der Waals surface area contributed by atoms with Gasteiger partial charge in [0.15, 0.2) is 0 Å². The quantitative estimate of drug-likeness (QED) is 0.756. The maximum atomic E-state index is 9.44. The van der Waals surface area contributed by atoms with E-state index in [1.54, 1.807) is 31.2 Å². The number of hydrogen-bond acceptors (Lipinski definition) is 5. The molecule has 15 heavy (non-hydrogen) atoms. The first kappa shape index (κ1) is 9.39. The van der Waals surface area contributed by atoms with Crippen LogP contribution in [-0.4, -0.2) is 21.5 Å². The number of phenols is 1. The van der Waals surface area contributed by atoms with Crippen molar-refractivity contribution in [3.05, 3.63) is 35.7 Å². The third-order valence-electron chi connectivity index (χ3n) is 1.77. The van der Waals surface area contributed by atoms with Crippen LogP contribution in [0.25, 0.3) is 0 Å². The Kier molecular flexibility index (Phi) is 2.45. The number of benzene rings is 1. The van der Waals surface area contributed by atoms with Crippen LogP contribution in [-0.2, 0) is 0 Å². The average Bonchev–Trinajstić information content (AvgIpc) is 2.63. The molecule has 0 unspecified atom stereocenters. The summed E-state index contributed by atoms with van der Waals surface area (Å²) in [7, 11) is 0. The predicted molar refractivity (Wildman–Crippen MR) is 54.4 cm³/mol. The second kappa shape index (κ2) is 3.91. The highest BCUT2D eigenvalue weighted by atomic mass is 16.4. The molecule has 1 aromatic carbocycles. The Labute approximate surface area is 86.1 Å². The Morgan fingerprint density at radius 2 is 2.13 bits per heavy atom. The number of nitrogens with zero attached hydrogens (tertiary/aromatic N) is 3. The van der Waals surface area contributed by atoms with E-state index in [9.17, 15) is 5.11 Å². The normalized spacial score (nSPS) is 11.0. The number of phenolic OH excluding ortho intramolecular Hbond substituents is 1. The van der Waals surface area contributed by atoms with Gasteiger partial charge in [-0.1, -0.05) is 17.2 Å². The number of aliphatic imine (C=N–C) groups is 1. The Morgan fingerprint density at radius 1 is 1.33 bits per heavy atom. The van der Waals surface area contributed by atoms with Crippen molar-refractivity contribution in [3.8, 4) is 5.75 Å². The highest BCUT2D eigenvalue weighted by Crippen LogP contribution is 2.15. The second-order valence-electron chi connectivity index (χ2n) is 2.92. The summed E-state index contributed by atoms with van der Waals surface area (Å²) in [6.07, 6.45) is 1.47. The van der Waals surface area contributed by atoms with Crippen molar-refractivity contribution < 1.29 is 9.52 Å². The van der Waals surface area contributed by atoms with Gasteiger partial charge in [-0.2, -0.15) is 0 Å². The number of hydrogen-bond donors (Lipinski definition) is 1. The van der Waals surface area contributed by atoms with Gasteiger partial charge in [-0.05, 0) is 12.1 Å².